The minimum absolute atomic E-state index is 0.137. The summed E-state index contributed by atoms with van der Waals surface area (Å²) in [6.07, 6.45) is 5.46. The summed E-state index contributed by atoms with van der Waals surface area (Å²) in [6, 6.07) is 24.3. The zero-order valence-corrected chi connectivity index (χ0v) is 21.0. The Morgan fingerprint density at radius 3 is 1.97 bits per heavy atom. The first kappa shape index (κ1) is 23.2. The van der Waals surface area contributed by atoms with E-state index >= 15 is 0 Å². The van der Waals surface area contributed by atoms with Crippen LogP contribution in [0.1, 0.15) is 69.4 Å². The number of anilines is 1. The van der Waals surface area contributed by atoms with Crippen molar-refractivity contribution >= 4 is 17.8 Å². The lowest BCUT2D eigenvalue weighted by molar-refractivity contribution is 0.289. The van der Waals surface area contributed by atoms with Crippen molar-refractivity contribution in [2.75, 3.05) is 11.6 Å². The molecule has 0 saturated carbocycles. The maximum atomic E-state index is 6.05. The Labute approximate surface area is 199 Å². The minimum atomic E-state index is 0.137. The monoisotopic (exact) mass is 439 g/mol. The van der Waals surface area contributed by atoms with Crippen molar-refractivity contribution in [3.8, 4) is 5.75 Å². The minimum Gasteiger partial charge on any atom is -0.473 e. The van der Waals surface area contributed by atoms with Crippen LogP contribution in [0.4, 0.5) is 5.69 Å². The molecule has 2 heteroatoms. The van der Waals surface area contributed by atoms with Crippen LogP contribution in [0, 0.1) is 5.41 Å². The third kappa shape index (κ3) is 6.07. The van der Waals surface area contributed by atoms with Crippen LogP contribution in [0.2, 0.25) is 0 Å². The SMILES string of the molecule is CC(C)(C)Cc1ccc(/C=C/c2ccc(N3COc4ccc(C(C)(C)C)cc4C3)cc2)cc1. The molecule has 3 aromatic carbocycles. The van der Waals surface area contributed by atoms with Gasteiger partial charge in [-0.3, -0.25) is 0 Å². The number of hydrogen-bond acceptors (Lipinski definition) is 2. The van der Waals surface area contributed by atoms with E-state index in [1.807, 2.05) is 0 Å². The van der Waals surface area contributed by atoms with Crippen LogP contribution in [-0.2, 0) is 18.4 Å². The maximum absolute atomic E-state index is 6.05. The van der Waals surface area contributed by atoms with Gasteiger partial charge in [0.1, 0.15) is 5.75 Å². The summed E-state index contributed by atoms with van der Waals surface area (Å²) in [5, 5.41) is 0. The molecule has 0 radical (unpaired) electrons. The molecule has 1 aliphatic heterocycles. The van der Waals surface area contributed by atoms with E-state index in [0.29, 0.717) is 12.1 Å². The smallest absolute Gasteiger partial charge is 0.161 e. The summed E-state index contributed by atoms with van der Waals surface area (Å²) in [5.41, 5.74) is 8.06. The van der Waals surface area contributed by atoms with Crippen molar-refractivity contribution in [2.45, 2.75) is 59.9 Å². The predicted octanol–water partition coefficient (Wildman–Crippen LogP) is 8.10. The number of fused-ring (bicyclic) bond motifs is 1. The first-order valence-electron chi connectivity index (χ1n) is 12.0. The summed E-state index contributed by atoms with van der Waals surface area (Å²) in [5.74, 6) is 1.01. The molecule has 0 N–H and O–H groups in total. The molecule has 1 aliphatic rings. The molecule has 0 bridgehead atoms. The fraction of sp³-hybridized carbons (Fsp3) is 0.355. The van der Waals surface area contributed by atoms with Crippen LogP contribution >= 0.6 is 0 Å². The number of ether oxygens (including phenoxy) is 1. The van der Waals surface area contributed by atoms with Crippen molar-refractivity contribution < 1.29 is 4.74 Å². The van der Waals surface area contributed by atoms with Crippen LogP contribution in [0.5, 0.6) is 5.75 Å². The van der Waals surface area contributed by atoms with E-state index < -0.39 is 0 Å². The molecule has 0 amide bonds. The Kier molecular flexibility index (Phi) is 6.38. The van der Waals surface area contributed by atoms with E-state index in [2.05, 4.69) is 125 Å². The van der Waals surface area contributed by atoms with Gasteiger partial charge in [0.25, 0.3) is 0 Å². The molecule has 0 unspecified atom stereocenters. The van der Waals surface area contributed by atoms with Gasteiger partial charge in [0.2, 0.25) is 0 Å². The van der Waals surface area contributed by atoms with Crippen LogP contribution < -0.4 is 9.64 Å². The molecule has 0 aromatic heterocycles. The quantitative estimate of drug-likeness (QED) is 0.381. The number of rotatable bonds is 4. The van der Waals surface area contributed by atoms with Gasteiger partial charge in [0.05, 0.1) is 0 Å². The van der Waals surface area contributed by atoms with Gasteiger partial charge in [-0.1, -0.05) is 96.2 Å². The van der Waals surface area contributed by atoms with Crippen molar-refractivity contribution in [3.63, 3.8) is 0 Å². The number of nitrogens with zero attached hydrogens (tertiary/aromatic N) is 1. The normalized spacial score (nSPS) is 14.3. The van der Waals surface area contributed by atoms with Gasteiger partial charge in [-0.2, -0.15) is 0 Å². The second-order valence-electron chi connectivity index (χ2n) is 11.4. The molecule has 0 atom stereocenters. The van der Waals surface area contributed by atoms with Crippen molar-refractivity contribution in [1.29, 1.82) is 0 Å². The molecule has 0 fully saturated rings. The molecule has 4 rings (SSSR count). The van der Waals surface area contributed by atoms with E-state index in [4.69, 9.17) is 4.74 Å². The predicted molar refractivity (Wildman–Crippen MR) is 142 cm³/mol. The van der Waals surface area contributed by atoms with E-state index in [1.165, 1.54) is 33.5 Å². The van der Waals surface area contributed by atoms with Crippen LogP contribution in [-0.4, -0.2) is 6.73 Å². The highest BCUT2D eigenvalue weighted by molar-refractivity contribution is 5.70. The number of benzene rings is 3. The van der Waals surface area contributed by atoms with Gasteiger partial charge in [0.15, 0.2) is 6.73 Å². The average Bonchev–Trinajstić information content (AvgIpc) is 2.76. The third-order valence-corrected chi connectivity index (χ3v) is 6.10. The fourth-order valence-electron chi connectivity index (χ4n) is 4.22. The molecular weight excluding hydrogens is 402 g/mol. The summed E-state index contributed by atoms with van der Waals surface area (Å²) in [6.45, 7) is 15.1. The second-order valence-corrected chi connectivity index (χ2v) is 11.4. The average molecular weight is 440 g/mol. The Morgan fingerprint density at radius 1 is 0.788 bits per heavy atom. The maximum Gasteiger partial charge on any atom is 0.161 e. The van der Waals surface area contributed by atoms with Crippen LogP contribution in [0.3, 0.4) is 0 Å². The lowest BCUT2D eigenvalue weighted by Crippen LogP contribution is -2.32. The summed E-state index contributed by atoms with van der Waals surface area (Å²) >= 11 is 0. The van der Waals surface area contributed by atoms with Gasteiger partial charge >= 0.3 is 0 Å². The van der Waals surface area contributed by atoms with Crippen molar-refractivity contribution in [3.05, 3.63) is 94.5 Å². The Balaban J connectivity index is 1.42. The van der Waals surface area contributed by atoms with Gasteiger partial charge in [-0.05, 0) is 63.8 Å². The van der Waals surface area contributed by atoms with Crippen LogP contribution in [0.15, 0.2) is 66.7 Å². The molecular formula is C31H37NO. The molecule has 2 nitrogen and oxygen atoms in total. The second kappa shape index (κ2) is 9.09. The van der Waals surface area contributed by atoms with Gasteiger partial charge in [0, 0.05) is 17.8 Å². The zero-order chi connectivity index (χ0) is 23.6. The van der Waals surface area contributed by atoms with E-state index in [-0.39, 0.29) is 5.41 Å². The Bertz CT molecular complexity index is 1110. The van der Waals surface area contributed by atoms with Gasteiger partial charge in [-0.15, -0.1) is 0 Å². The highest BCUT2D eigenvalue weighted by Crippen LogP contribution is 2.33. The standard InChI is InChI=1S/C31H37NO/c1-30(2,3)20-25-11-9-23(10-12-25)7-8-24-13-16-28(17-14-24)32-21-26-19-27(31(4,5)6)15-18-29(26)33-22-32/h7-19H,20-22H2,1-6H3/b8-7+. The van der Waals surface area contributed by atoms with Gasteiger partial charge in [-0.25, -0.2) is 0 Å². The summed E-state index contributed by atoms with van der Waals surface area (Å²) in [7, 11) is 0. The van der Waals surface area contributed by atoms with E-state index in [0.717, 1.165) is 18.7 Å². The lowest BCUT2D eigenvalue weighted by atomic mass is 9.86. The highest BCUT2D eigenvalue weighted by atomic mass is 16.5. The molecule has 33 heavy (non-hydrogen) atoms. The highest BCUT2D eigenvalue weighted by Gasteiger charge is 2.21. The Morgan fingerprint density at radius 2 is 1.39 bits per heavy atom. The van der Waals surface area contributed by atoms with Crippen molar-refractivity contribution in [1.82, 2.24) is 0 Å². The Hall–Kier alpha value is -3.00. The summed E-state index contributed by atoms with van der Waals surface area (Å²) in [4.78, 5) is 2.29. The fourth-order valence-corrected chi connectivity index (χ4v) is 4.22. The molecule has 0 spiro atoms. The molecule has 1 heterocycles. The van der Waals surface area contributed by atoms with E-state index in [1.54, 1.807) is 0 Å². The molecule has 172 valence electrons. The largest absolute Gasteiger partial charge is 0.473 e. The van der Waals surface area contributed by atoms with Crippen molar-refractivity contribution in [2.24, 2.45) is 5.41 Å². The lowest BCUT2D eigenvalue weighted by Gasteiger charge is -2.32. The summed E-state index contributed by atoms with van der Waals surface area (Å²) < 4.78 is 6.05. The van der Waals surface area contributed by atoms with E-state index in [9.17, 15) is 0 Å². The third-order valence-electron chi connectivity index (χ3n) is 6.10. The molecule has 0 saturated heterocycles. The molecule has 3 aromatic rings. The molecule has 0 aliphatic carbocycles. The van der Waals surface area contributed by atoms with Crippen LogP contribution in [0.25, 0.3) is 12.2 Å². The number of hydrogen-bond donors (Lipinski definition) is 0. The van der Waals surface area contributed by atoms with Gasteiger partial charge < -0.3 is 9.64 Å². The first-order chi connectivity index (χ1) is 15.6. The first-order valence-corrected chi connectivity index (χ1v) is 12.0. The zero-order valence-electron chi connectivity index (χ0n) is 21.0. The topological polar surface area (TPSA) is 12.5 Å².